The van der Waals surface area contributed by atoms with E-state index in [4.69, 9.17) is 4.74 Å². The van der Waals surface area contributed by atoms with E-state index in [1.54, 1.807) is 0 Å². The summed E-state index contributed by atoms with van der Waals surface area (Å²) in [5.74, 6) is 0.108. The molecule has 17 heavy (non-hydrogen) atoms. The molecule has 0 aromatic heterocycles. The van der Waals surface area contributed by atoms with Gasteiger partial charge in [0.15, 0.2) is 0 Å². The van der Waals surface area contributed by atoms with Gasteiger partial charge in [-0.1, -0.05) is 20.8 Å². The van der Waals surface area contributed by atoms with Crippen molar-refractivity contribution in [1.82, 2.24) is 5.32 Å². The summed E-state index contributed by atoms with van der Waals surface area (Å²) in [6.45, 7) is 14.0. The summed E-state index contributed by atoms with van der Waals surface area (Å²) in [6, 6.07) is 0. The van der Waals surface area contributed by atoms with E-state index < -0.39 is 0 Å². The molecule has 1 amide bonds. The highest BCUT2D eigenvalue weighted by Crippen LogP contribution is 2.17. The predicted molar refractivity (Wildman–Crippen MR) is 72.0 cm³/mol. The van der Waals surface area contributed by atoms with Crippen LogP contribution in [0.15, 0.2) is 0 Å². The quantitative estimate of drug-likeness (QED) is 0.728. The Labute approximate surface area is 106 Å². The second-order valence-electron chi connectivity index (χ2n) is 6.82. The van der Waals surface area contributed by atoms with Gasteiger partial charge in [-0.25, -0.2) is 0 Å². The van der Waals surface area contributed by atoms with E-state index in [2.05, 4.69) is 26.1 Å². The van der Waals surface area contributed by atoms with Crippen molar-refractivity contribution < 1.29 is 9.53 Å². The van der Waals surface area contributed by atoms with Crippen LogP contribution in [0.4, 0.5) is 0 Å². The van der Waals surface area contributed by atoms with Crippen molar-refractivity contribution >= 4 is 5.91 Å². The summed E-state index contributed by atoms with van der Waals surface area (Å²) < 4.78 is 5.51. The van der Waals surface area contributed by atoms with E-state index in [0.717, 1.165) is 19.4 Å². The van der Waals surface area contributed by atoms with Crippen molar-refractivity contribution in [3.05, 3.63) is 0 Å². The summed E-state index contributed by atoms with van der Waals surface area (Å²) in [5, 5.41) is 2.94. The smallest absolute Gasteiger partial charge is 0.220 e. The van der Waals surface area contributed by atoms with Gasteiger partial charge >= 0.3 is 0 Å². The lowest BCUT2D eigenvalue weighted by molar-refractivity contribution is -0.122. The molecule has 0 aromatic carbocycles. The first-order chi connectivity index (χ1) is 7.60. The third kappa shape index (κ3) is 13.4. The highest BCUT2D eigenvalue weighted by atomic mass is 16.5. The molecule has 0 radical (unpaired) electrons. The molecular formula is C14H29NO2. The Bertz CT molecular complexity index is 223. The number of carbonyl (C=O) groups excluding carboxylic acids is 1. The maximum Gasteiger partial charge on any atom is 0.220 e. The van der Waals surface area contributed by atoms with E-state index in [1.807, 2.05) is 20.8 Å². The van der Waals surface area contributed by atoms with Gasteiger partial charge in [-0.15, -0.1) is 0 Å². The molecule has 1 N–H and O–H groups in total. The monoisotopic (exact) mass is 243 g/mol. The zero-order chi connectivity index (χ0) is 13.5. The molecule has 0 heterocycles. The molecule has 0 bridgehead atoms. The fourth-order valence-electron chi connectivity index (χ4n) is 1.30. The Hall–Kier alpha value is -0.570. The minimum atomic E-state index is -0.135. The number of ether oxygens (including phenoxy) is 1. The van der Waals surface area contributed by atoms with Gasteiger partial charge in [0, 0.05) is 25.2 Å². The molecule has 0 aliphatic rings. The third-order valence-electron chi connectivity index (χ3n) is 2.20. The van der Waals surface area contributed by atoms with Crippen LogP contribution in [-0.2, 0) is 9.53 Å². The lowest BCUT2D eigenvalue weighted by Gasteiger charge is -2.20. The van der Waals surface area contributed by atoms with Crippen molar-refractivity contribution in [2.24, 2.45) is 5.41 Å². The van der Waals surface area contributed by atoms with E-state index >= 15 is 0 Å². The van der Waals surface area contributed by atoms with Crippen LogP contribution < -0.4 is 5.32 Å². The van der Waals surface area contributed by atoms with Gasteiger partial charge in [-0.05, 0) is 39.0 Å². The largest absolute Gasteiger partial charge is 0.381 e. The van der Waals surface area contributed by atoms with Gasteiger partial charge in [-0.3, -0.25) is 4.79 Å². The summed E-state index contributed by atoms with van der Waals surface area (Å²) in [7, 11) is 0. The van der Waals surface area contributed by atoms with Crippen LogP contribution in [0.1, 0.15) is 60.8 Å². The first kappa shape index (κ1) is 16.4. The molecule has 0 unspecified atom stereocenters. The molecule has 3 nitrogen and oxygen atoms in total. The van der Waals surface area contributed by atoms with Crippen molar-refractivity contribution in [2.75, 3.05) is 13.2 Å². The minimum absolute atomic E-state index is 0.108. The minimum Gasteiger partial charge on any atom is -0.381 e. The molecule has 0 aliphatic heterocycles. The lowest BCUT2D eigenvalue weighted by Crippen LogP contribution is -2.40. The maximum atomic E-state index is 11.5. The van der Waals surface area contributed by atoms with Gasteiger partial charge in [0.1, 0.15) is 0 Å². The third-order valence-corrected chi connectivity index (χ3v) is 2.20. The molecule has 0 aromatic rings. The second-order valence-corrected chi connectivity index (χ2v) is 6.82. The van der Waals surface area contributed by atoms with Crippen LogP contribution in [0.5, 0.6) is 0 Å². The molecule has 0 saturated heterocycles. The fourth-order valence-corrected chi connectivity index (χ4v) is 1.30. The van der Waals surface area contributed by atoms with Gasteiger partial charge in [0.2, 0.25) is 5.91 Å². The Morgan fingerprint density at radius 1 is 1.06 bits per heavy atom. The fraction of sp³-hybridized carbons (Fsp3) is 0.929. The van der Waals surface area contributed by atoms with Gasteiger partial charge in [0.05, 0.1) is 0 Å². The van der Waals surface area contributed by atoms with Gasteiger partial charge < -0.3 is 10.1 Å². The number of amides is 1. The topological polar surface area (TPSA) is 38.3 Å². The molecule has 102 valence electrons. The van der Waals surface area contributed by atoms with Crippen LogP contribution in [0, 0.1) is 5.41 Å². The van der Waals surface area contributed by atoms with E-state index in [9.17, 15) is 4.79 Å². The average Bonchev–Trinajstić information content (AvgIpc) is 2.06. The van der Waals surface area contributed by atoms with Crippen molar-refractivity contribution in [1.29, 1.82) is 0 Å². The SMILES string of the molecule is CC(C)(C)CCOCCCC(=O)NC(C)(C)C. The normalized spacial score (nSPS) is 12.6. The summed E-state index contributed by atoms with van der Waals surface area (Å²) in [6.07, 6.45) is 2.40. The molecule has 3 heteroatoms. The van der Waals surface area contributed by atoms with E-state index in [-0.39, 0.29) is 11.4 Å². The average molecular weight is 243 g/mol. The zero-order valence-electron chi connectivity index (χ0n) is 12.4. The lowest BCUT2D eigenvalue weighted by atomic mass is 9.93. The van der Waals surface area contributed by atoms with Crippen LogP contribution in [0.3, 0.4) is 0 Å². The van der Waals surface area contributed by atoms with E-state index in [0.29, 0.717) is 18.4 Å². The van der Waals surface area contributed by atoms with Crippen LogP contribution in [0.25, 0.3) is 0 Å². The molecule has 0 rings (SSSR count). The molecule has 0 fully saturated rings. The van der Waals surface area contributed by atoms with Crippen molar-refractivity contribution in [3.8, 4) is 0 Å². The van der Waals surface area contributed by atoms with Crippen LogP contribution in [-0.4, -0.2) is 24.7 Å². The maximum absolute atomic E-state index is 11.5. The van der Waals surface area contributed by atoms with Crippen molar-refractivity contribution in [3.63, 3.8) is 0 Å². The van der Waals surface area contributed by atoms with Gasteiger partial charge in [0.25, 0.3) is 0 Å². The first-order valence-corrected chi connectivity index (χ1v) is 6.49. The van der Waals surface area contributed by atoms with Crippen molar-refractivity contribution in [2.45, 2.75) is 66.3 Å². The predicted octanol–water partition coefficient (Wildman–Crippen LogP) is 3.13. The van der Waals surface area contributed by atoms with Gasteiger partial charge in [-0.2, -0.15) is 0 Å². The molecule has 0 spiro atoms. The van der Waals surface area contributed by atoms with E-state index in [1.165, 1.54) is 0 Å². The molecule has 0 saturated carbocycles. The second kappa shape index (κ2) is 7.00. The first-order valence-electron chi connectivity index (χ1n) is 6.49. The highest BCUT2D eigenvalue weighted by molar-refractivity contribution is 5.76. The molecular weight excluding hydrogens is 214 g/mol. The number of hydrogen-bond donors (Lipinski definition) is 1. The highest BCUT2D eigenvalue weighted by Gasteiger charge is 2.13. The zero-order valence-corrected chi connectivity index (χ0v) is 12.4. The summed E-state index contributed by atoms with van der Waals surface area (Å²) in [5.41, 5.74) is 0.188. The Morgan fingerprint density at radius 3 is 2.12 bits per heavy atom. The van der Waals surface area contributed by atoms with Crippen LogP contribution >= 0.6 is 0 Å². The number of nitrogens with one attached hydrogen (secondary N) is 1. The summed E-state index contributed by atoms with van der Waals surface area (Å²) >= 11 is 0. The Balaban J connectivity index is 3.44. The molecule has 0 atom stereocenters. The number of carbonyl (C=O) groups is 1. The standard InChI is InChI=1S/C14H29NO2/c1-13(2,3)9-11-17-10-7-8-12(16)15-14(4,5)6/h7-11H2,1-6H3,(H,15,16). The number of hydrogen-bond acceptors (Lipinski definition) is 2. The van der Waals surface area contributed by atoms with Crippen LogP contribution in [0.2, 0.25) is 0 Å². The summed E-state index contributed by atoms with van der Waals surface area (Å²) in [4.78, 5) is 11.5. The Morgan fingerprint density at radius 2 is 1.65 bits per heavy atom. The Kier molecular flexibility index (Phi) is 6.76. The molecule has 0 aliphatic carbocycles. The number of rotatable bonds is 6.